The first-order valence-corrected chi connectivity index (χ1v) is 14.4. The number of halogens is 2. The maximum absolute atomic E-state index is 13.4. The second-order valence-electron chi connectivity index (χ2n) is 10.7. The largest absolute Gasteiger partial charge is 0.368 e. The van der Waals surface area contributed by atoms with Gasteiger partial charge in [0.05, 0.1) is 17.8 Å². The minimum absolute atomic E-state index is 0. The van der Waals surface area contributed by atoms with Gasteiger partial charge in [-0.1, -0.05) is 11.6 Å². The lowest BCUT2D eigenvalue weighted by Gasteiger charge is -2.40. The number of likely N-dealkylation sites (N-methyl/N-ethyl adjacent to an activating group) is 1. The quantitative estimate of drug-likeness (QED) is 0.397. The molecule has 3 aromatic rings. The molecule has 2 atom stereocenters. The lowest BCUT2D eigenvalue weighted by Crippen LogP contribution is -2.62. The van der Waals surface area contributed by atoms with Crippen LogP contribution in [0.2, 0.25) is 5.02 Å². The van der Waals surface area contributed by atoms with Gasteiger partial charge in [-0.25, -0.2) is 4.98 Å². The maximum Gasteiger partial charge on any atom is 0.280 e. The van der Waals surface area contributed by atoms with Crippen molar-refractivity contribution in [2.45, 2.75) is 49.9 Å². The number of rotatable bonds is 6. The van der Waals surface area contributed by atoms with Crippen LogP contribution in [0.15, 0.2) is 24.3 Å². The van der Waals surface area contributed by atoms with Crippen LogP contribution in [0.4, 0.5) is 0 Å². The Morgan fingerprint density at radius 3 is 2.67 bits per heavy atom. The second kappa shape index (κ2) is 11.3. The molecule has 1 saturated carbocycles. The highest BCUT2D eigenvalue weighted by atomic mass is 35.5. The lowest BCUT2D eigenvalue weighted by molar-refractivity contribution is -0.146. The third-order valence-corrected chi connectivity index (χ3v) is 9.28. The third-order valence-electron chi connectivity index (χ3n) is 7.96. The van der Waals surface area contributed by atoms with Crippen molar-refractivity contribution in [2.24, 2.45) is 0 Å². The van der Waals surface area contributed by atoms with Gasteiger partial charge in [0.25, 0.3) is 17.7 Å². The van der Waals surface area contributed by atoms with Crippen molar-refractivity contribution >= 4 is 64.0 Å². The second-order valence-corrected chi connectivity index (χ2v) is 12.2. The summed E-state index contributed by atoms with van der Waals surface area (Å²) in [6, 6.07) is 6.28. The summed E-state index contributed by atoms with van der Waals surface area (Å²) < 4.78 is 5.52. The summed E-state index contributed by atoms with van der Waals surface area (Å²) in [5, 5.41) is 8.02. The van der Waals surface area contributed by atoms with Gasteiger partial charge in [0.1, 0.15) is 11.3 Å². The minimum Gasteiger partial charge on any atom is -0.368 e. The smallest absolute Gasteiger partial charge is 0.280 e. The molecule has 3 amide bonds. The number of methoxy groups -OCH3 is 1. The molecule has 1 saturated heterocycles. The monoisotopic (exact) mass is 606 g/mol. The number of hydrogen-bond donors (Lipinski definition) is 3. The molecular formula is C27H32Cl2N6O4S. The Morgan fingerprint density at radius 2 is 1.93 bits per heavy atom. The molecule has 4 heterocycles. The molecule has 3 aliphatic rings. The summed E-state index contributed by atoms with van der Waals surface area (Å²) in [7, 11) is 3.62. The van der Waals surface area contributed by atoms with E-state index in [1.54, 1.807) is 30.2 Å². The predicted molar refractivity (Wildman–Crippen MR) is 155 cm³/mol. The Bertz CT molecular complexity index is 1450. The zero-order valence-corrected chi connectivity index (χ0v) is 24.7. The maximum atomic E-state index is 13.4. The van der Waals surface area contributed by atoms with Gasteiger partial charge in [-0.05, 0) is 50.6 Å². The number of carbonyl (C=O) groups is 3. The van der Waals surface area contributed by atoms with Crippen molar-refractivity contribution in [2.75, 3.05) is 33.8 Å². The van der Waals surface area contributed by atoms with Crippen molar-refractivity contribution < 1.29 is 19.1 Å². The molecule has 214 valence electrons. The summed E-state index contributed by atoms with van der Waals surface area (Å²) in [5.41, 5.74) is 1.44. The number of piperidine rings is 1. The first-order valence-electron chi connectivity index (χ1n) is 13.2. The van der Waals surface area contributed by atoms with Gasteiger partial charge >= 0.3 is 0 Å². The van der Waals surface area contributed by atoms with Crippen LogP contribution in [0.25, 0.3) is 10.9 Å². The molecule has 1 aliphatic carbocycles. The van der Waals surface area contributed by atoms with Crippen LogP contribution in [0, 0.1) is 0 Å². The van der Waals surface area contributed by atoms with Gasteiger partial charge < -0.3 is 30.2 Å². The van der Waals surface area contributed by atoms with Crippen LogP contribution < -0.4 is 10.6 Å². The van der Waals surface area contributed by atoms with E-state index in [9.17, 15) is 14.4 Å². The highest BCUT2D eigenvalue weighted by Crippen LogP contribution is 2.41. The topological polar surface area (TPSA) is 120 Å². The molecule has 3 N–H and O–H groups in total. The first-order chi connectivity index (χ1) is 18.7. The van der Waals surface area contributed by atoms with Gasteiger partial charge in [-0.3, -0.25) is 14.4 Å². The average Bonchev–Trinajstić information content (AvgIpc) is 3.42. The molecule has 2 fully saturated rings. The number of carbonyl (C=O) groups excluding carboxylic acids is 3. The van der Waals surface area contributed by atoms with Crippen molar-refractivity contribution in [3.8, 4) is 0 Å². The number of amides is 3. The third kappa shape index (κ3) is 5.58. The van der Waals surface area contributed by atoms with E-state index in [2.05, 4.69) is 32.5 Å². The standard InChI is InChI=1S/C27H31ClN6O4S.ClH/c1-33-9-5-19-22(14-33)39-25(32-19)24(36)31-21-13-34(26(37)27(38-2)7-8-27)10-6-18(21)30-23(35)20-12-15-11-16(28)3-4-17(15)29-20;/h3-4,11-12,18,21,29H,5-10,13-14H2,1-2H3,(H,30,35)(H,31,36);1H/t18-,21+;/m0./s1. The minimum atomic E-state index is -0.753. The fraction of sp³-hybridized carbons (Fsp3) is 0.481. The van der Waals surface area contributed by atoms with Crippen molar-refractivity contribution in [3.63, 3.8) is 0 Å². The number of aromatic nitrogens is 2. The van der Waals surface area contributed by atoms with Crippen LogP contribution >= 0.6 is 35.3 Å². The molecule has 1 aromatic carbocycles. The first kappa shape index (κ1) is 28.8. The number of benzene rings is 1. The van der Waals surface area contributed by atoms with Crippen LogP contribution in [-0.4, -0.2) is 89.0 Å². The van der Waals surface area contributed by atoms with Gasteiger partial charge in [-0.2, -0.15) is 0 Å². The van der Waals surface area contributed by atoms with Gasteiger partial charge in [0.15, 0.2) is 5.01 Å². The molecule has 2 aliphatic heterocycles. The fourth-order valence-corrected chi connectivity index (χ4v) is 6.76. The van der Waals surface area contributed by atoms with E-state index in [1.165, 1.54) is 11.3 Å². The molecule has 2 aromatic heterocycles. The number of thiazole rings is 1. The Morgan fingerprint density at radius 1 is 1.15 bits per heavy atom. The molecule has 0 spiro atoms. The lowest BCUT2D eigenvalue weighted by atomic mass is 9.97. The van der Waals surface area contributed by atoms with Crippen LogP contribution in [0.5, 0.6) is 0 Å². The summed E-state index contributed by atoms with van der Waals surface area (Å²) >= 11 is 7.51. The van der Waals surface area contributed by atoms with Gasteiger partial charge in [0, 0.05) is 60.5 Å². The van der Waals surface area contributed by atoms with Crippen molar-refractivity contribution in [1.82, 2.24) is 30.4 Å². The Hall–Kier alpha value is -2.70. The van der Waals surface area contributed by atoms with Crippen LogP contribution in [0.3, 0.4) is 0 Å². The highest BCUT2D eigenvalue weighted by Gasteiger charge is 2.53. The summed E-state index contributed by atoms with van der Waals surface area (Å²) in [6.07, 6.45) is 2.70. The SMILES string of the molecule is COC1(C(=O)N2CC[C@H](NC(=O)c3cc4cc(Cl)ccc4[nH]3)[C@H](NC(=O)c3nc4c(s3)CN(C)CC4)C2)CC1.Cl. The van der Waals surface area contributed by atoms with E-state index in [4.69, 9.17) is 16.3 Å². The van der Waals surface area contributed by atoms with E-state index in [1.807, 2.05) is 6.07 Å². The van der Waals surface area contributed by atoms with E-state index in [-0.39, 0.29) is 42.7 Å². The predicted octanol–water partition coefficient (Wildman–Crippen LogP) is 3.00. The molecule has 10 nitrogen and oxygen atoms in total. The fourth-order valence-electron chi connectivity index (χ4n) is 5.48. The van der Waals surface area contributed by atoms with E-state index in [0.717, 1.165) is 41.0 Å². The molecule has 0 radical (unpaired) electrons. The summed E-state index contributed by atoms with van der Waals surface area (Å²) in [5.74, 6) is -0.632. The van der Waals surface area contributed by atoms with Gasteiger partial charge in [-0.15, -0.1) is 23.7 Å². The zero-order chi connectivity index (χ0) is 27.3. The van der Waals surface area contributed by atoms with Gasteiger partial charge in [0.2, 0.25) is 0 Å². The van der Waals surface area contributed by atoms with Crippen molar-refractivity contribution in [3.05, 3.63) is 50.6 Å². The number of aromatic amines is 1. The number of ether oxygens (including phenoxy) is 1. The summed E-state index contributed by atoms with van der Waals surface area (Å²) in [4.78, 5) is 52.7. The Balaban J connectivity index is 0.00000323. The average molecular weight is 608 g/mol. The normalized spacial score (nSPS) is 21.8. The number of hydrogen-bond acceptors (Lipinski definition) is 7. The van der Waals surface area contributed by atoms with Crippen LogP contribution in [-0.2, 0) is 22.5 Å². The number of fused-ring (bicyclic) bond motifs is 2. The number of nitrogens with zero attached hydrogens (tertiary/aromatic N) is 3. The molecule has 0 bridgehead atoms. The number of nitrogens with one attached hydrogen (secondary N) is 3. The van der Waals surface area contributed by atoms with Crippen LogP contribution in [0.1, 0.15) is 50.1 Å². The number of H-pyrrole nitrogens is 1. The van der Waals surface area contributed by atoms with E-state index in [0.29, 0.717) is 41.5 Å². The zero-order valence-electron chi connectivity index (χ0n) is 22.3. The molecular weight excluding hydrogens is 575 g/mol. The van der Waals surface area contributed by atoms with Crippen molar-refractivity contribution in [1.29, 1.82) is 0 Å². The highest BCUT2D eigenvalue weighted by molar-refractivity contribution is 7.13. The Kier molecular flexibility index (Phi) is 8.13. The molecule has 6 rings (SSSR count). The summed E-state index contributed by atoms with van der Waals surface area (Å²) in [6.45, 7) is 2.42. The van der Waals surface area contributed by atoms with E-state index >= 15 is 0 Å². The molecule has 13 heteroatoms. The molecule has 0 unspecified atom stereocenters. The molecule has 40 heavy (non-hydrogen) atoms. The Labute approximate surface area is 247 Å². The number of likely N-dealkylation sites (tertiary alicyclic amines) is 1. The van der Waals surface area contributed by atoms with E-state index < -0.39 is 11.6 Å².